The molecule has 2 aromatic carbocycles. The predicted octanol–water partition coefficient (Wildman–Crippen LogP) is 1.85. The van der Waals surface area contributed by atoms with Crippen molar-refractivity contribution < 1.29 is 22.7 Å². The molecule has 0 aliphatic carbocycles. The second-order valence-corrected chi connectivity index (χ2v) is 7.86. The van der Waals surface area contributed by atoms with E-state index in [1.807, 2.05) is 30.3 Å². The lowest BCUT2D eigenvalue weighted by Gasteiger charge is -2.11. The van der Waals surface area contributed by atoms with Gasteiger partial charge in [0.25, 0.3) is 5.91 Å². The summed E-state index contributed by atoms with van der Waals surface area (Å²) < 4.78 is 31.8. The van der Waals surface area contributed by atoms with Gasteiger partial charge in [-0.15, -0.1) is 0 Å². The first kappa shape index (κ1) is 20.6. The zero-order valence-electron chi connectivity index (χ0n) is 15.1. The topological polar surface area (TPSA) is 102 Å². The lowest BCUT2D eigenvalue weighted by molar-refractivity contribution is -0.124. The van der Waals surface area contributed by atoms with Crippen molar-refractivity contribution >= 4 is 21.9 Å². The van der Waals surface area contributed by atoms with Crippen molar-refractivity contribution in [3.63, 3.8) is 0 Å². The first-order valence-electron chi connectivity index (χ1n) is 8.38. The largest absolute Gasteiger partial charge is 0.452 e. The minimum atomic E-state index is -3.72. The Morgan fingerprint density at radius 2 is 1.74 bits per heavy atom. The van der Waals surface area contributed by atoms with Crippen molar-refractivity contribution in [1.82, 2.24) is 10.0 Å². The maximum Gasteiger partial charge on any atom is 0.338 e. The van der Waals surface area contributed by atoms with Crippen molar-refractivity contribution in [3.05, 3.63) is 65.7 Å². The molecule has 0 aromatic heterocycles. The minimum Gasteiger partial charge on any atom is -0.452 e. The number of rotatable bonds is 8. The molecule has 0 aliphatic heterocycles. The fourth-order valence-electron chi connectivity index (χ4n) is 2.23. The van der Waals surface area contributed by atoms with Crippen molar-refractivity contribution in [1.29, 1.82) is 0 Å². The number of carbonyl (C=O) groups excluding carboxylic acids is 2. The molecule has 0 saturated heterocycles. The standard InChI is InChI=1S/C19H22N2O5S/c1-14(2)21-27(24,25)17-10-6-9-16(11-17)19(23)26-13-18(22)20-12-15-7-4-3-5-8-15/h3-11,14,21H,12-13H2,1-2H3,(H,20,22). The van der Waals surface area contributed by atoms with Gasteiger partial charge in [-0.25, -0.2) is 17.9 Å². The van der Waals surface area contributed by atoms with Crippen molar-refractivity contribution in [2.45, 2.75) is 31.3 Å². The fourth-order valence-corrected chi connectivity index (χ4v) is 3.53. The van der Waals surface area contributed by atoms with Gasteiger partial charge in [-0.2, -0.15) is 0 Å². The van der Waals surface area contributed by atoms with Crippen molar-refractivity contribution in [3.8, 4) is 0 Å². The zero-order valence-corrected chi connectivity index (χ0v) is 16.0. The number of carbonyl (C=O) groups is 2. The molecule has 0 heterocycles. The average Bonchev–Trinajstić information content (AvgIpc) is 2.64. The second kappa shape index (κ2) is 9.29. The number of benzene rings is 2. The summed E-state index contributed by atoms with van der Waals surface area (Å²) in [5.74, 6) is -1.22. The normalized spacial score (nSPS) is 11.2. The van der Waals surface area contributed by atoms with Crippen LogP contribution in [0.1, 0.15) is 29.8 Å². The molecule has 0 bridgehead atoms. The summed E-state index contributed by atoms with van der Waals surface area (Å²) in [5, 5.41) is 2.64. The first-order valence-corrected chi connectivity index (χ1v) is 9.86. The number of ether oxygens (including phenoxy) is 1. The van der Waals surface area contributed by atoms with E-state index >= 15 is 0 Å². The van der Waals surface area contributed by atoms with E-state index in [-0.39, 0.29) is 16.5 Å². The Labute approximate surface area is 158 Å². The van der Waals surface area contributed by atoms with Crippen LogP contribution in [0.25, 0.3) is 0 Å². The number of esters is 1. The highest BCUT2D eigenvalue weighted by Crippen LogP contribution is 2.13. The average molecular weight is 390 g/mol. The van der Waals surface area contributed by atoms with Gasteiger partial charge in [0, 0.05) is 12.6 Å². The van der Waals surface area contributed by atoms with Gasteiger partial charge >= 0.3 is 5.97 Å². The van der Waals surface area contributed by atoms with Crippen molar-refractivity contribution in [2.24, 2.45) is 0 Å². The Kier molecular flexibility index (Phi) is 7.09. The van der Waals surface area contributed by atoms with Crippen LogP contribution in [0.5, 0.6) is 0 Å². The summed E-state index contributed by atoms with van der Waals surface area (Å²) in [5.41, 5.74) is 0.977. The molecule has 0 atom stereocenters. The molecule has 0 fully saturated rings. The molecule has 2 N–H and O–H groups in total. The molecule has 144 valence electrons. The van der Waals surface area contributed by atoms with E-state index in [1.165, 1.54) is 24.3 Å². The molecular weight excluding hydrogens is 368 g/mol. The molecule has 0 saturated carbocycles. The van der Waals surface area contributed by atoms with E-state index in [2.05, 4.69) is 10.0 Å². The maximum atomic E-state index is 12.2. The highest BCUT2D eigenvalue weighted by molar-refractivity contribution is 7.89. The van der Waals surface area contributed by atoms with Crippen LogP contribution >= 0.6 is 0 Å². The Morgan fingerprint density at radius 3 is 2.41 bits per heavy atom. The molecule has 0 radical (unpaired) electrons. The van der Waals surface area contributed by atoms with Crippen LogP contribution in [0, 0.1) is 0 Å². The van der Waals surface area contributed by atoms with Crippen LogP contribution in [0.2, 0.25) is 0 Å². The number of amides is 1. The van der Waals surface area contributed by atoms with Gasteiger partial charge in [0.2, 0.25) is 10.0 Å². The van der Waals surface area contributed by atoms with Crippen molar-refractivity contribution in [2.75, 3.05) is 6.61 Å². The van der Waals surface area contributed by atoms with E-state index in [0.717, 1.165) is 5.56 Å². The molecule has 0 unspecified atom stereocenters. The summed E-state index contributed by atoms with van der Waals surface area (Å²) in [6.45, 7) is 3.27. The van der Waals surface area contributed by atoms with Crippen LogP contribution in [0.3, 0.4) is 0 Å². The summed E-state index contributed by atoms with van der Waals surface area (Å²) in [6, 6.07) is 14.5. The van der Waals surface area contributed by atoms with Gasteiger partial charge in [0.05, 0.1) is 10.5 Å². The Balaban J connectivity index is 1.92. The number of sulfonamides is 1. The Hall–Kier alpha value is -2.71. The van der Waals surface area contributed by atoms with Crippen LogP contribution < -0.4 is 10.0 Å². The van der Waals surface area contributed by atoms with Gasteiger partial charge in [0.1, 0.15) is 0 Å². The molecule has 27 heavy (non-hydrogen) atoms. The molecule has 7 nitrogen and oxygen atoms in total. The maximum absolute atomic E-state index is 12.2. The van der Waals surface area contributed by atoms with E-state index in [0.29, 0.717) is 6.54 Å². The lowest BCUT2D eigenvalue weighted by Crippen LogP contribution is -2.30. The van der Waals surface area contributed by atoms with Gasteiger partial charge in [-0.1, -0.05) is 36.4 Å². The van der Waals surface area contributed by atoms with Gasteiger partial charge in [-0.05, 0) is 37.6 Å². The third-order valence-corrected chi connectivity index (χ3v) is 5.09. The van der Waals surface area contributed by atoms with E-state index in [9.17, 15) is 18.0 Å². The number of hydrogen-bond acceptors (Lipinski definition) is 5. The van der Waals surface area contributed by atoms with E-state index in [1.54, 1.807) is 13.8 Å². The van der Waals surface area contributed by atoms with Crippen LogP contribution in [-0.2, 0) is 26.1 Å². The van der Waals surface area contributed by atoms with Gasteiger partial charge in [0.15, 0.2) is 6.61 Å². The molecular formula is C19H22N2O5S. The van der Waals surface area contributed by atoms with Gasteiger partial charge < -0.3 is 10.1 Å². The molecule has 1 amide bonds. The summed E-state index contributed by atoms with van der Waals surface area (Å²) in [6.07, 6.45) is 0. The molecule has 8 heteroatoms. The fraction of sp³-hybridized carbons (Fsp3) is 0.263. The first-order chi connectivity index (χ1) is 12.8. The third kappa shape index (κ3) is 6.50. The van der Waals surface area contributed by atoms with E-state index in [4.69, 9.17) is 4.74 Å². The Bertz CT molecular complexity index is 895. The van der Waals surface area contributed by atoms with Crippen LogP contribution in [0.4, 0.5) is 0 Å². The third-order valence-electron chi connectivity index (χ3n) is 3.44. The SMILES string of the molecule is CC(C)NS(=O)(=O)c1cccc(C(=O)OCC(=O)NCc2ccccc2)c1. The number of nitrogens with one attached hydrogen (secondary N) is 2. The molecule has 2 rings (SSSR count). The van der Waals surface area contributed by atoms with E-state index < -0.39 is 28.5 Å². The highest BCUT2D eigenvalue weighted by atomic mass is 32.2. The Morgan fingerprint density at radius 1 is 1.04 bits per heavy atom. The minimum absolute atomic E-state index is 0.0424. The van der Waals surface area contributed by atoms with Crippen LogP contribution in [-0.4, -0.2) is 32.9 Å². The highest BCUT2D eigenvalue weighted by Gasteiger charge is 2.18. The number of hydrogen-bond donors (Lipinski definition) is 2. The lowest BCUT2D eigenvalue weighted by atomic mass is 10.2. The molecule has 0 spiro atoms. The molecule has 0 aliphatic rings. The summed E-state index contributed by atoms with van der Waals surface area (Å²) in [4.78, 5) is 23.9. The molecule has 2 aromatic rings. The summed E-state index contributed by atoms with van der Waals surface area (Å²) in [7, 11) is -3.72. The zero-order chi connectivity index (χ0) is 19.9. The quantitative estimate of drug-likeness (QED) is 0.670. The predicted molar refractivity (Wildman–Crippen MR) is 100 cm³/mol. The van der Waals surface area contributed by atoms with Gasteiger partial charge in [-0.3, -0.25) is 4.79 Å². The smallest absolute Gasteiger partial charge is 0.338 e. The second-order valence-electron chi connectivity index (χ2n) is 6.14. The van der Waals surface area contributed by atoms with Crippen LogP contribution in [0.15, 0.2) is 59.5 Å². The summed E-state index contributed by atoms with van der Waals surface area (Å²) >= 11 is 0. The monoisotopic (exact) mass is 390 g/mol.